The Balaban J connectivity index is 2.07. The Morgan fingerprint density at radius 1 is 1.39 bits per heavy atom. The highest BCUT2D eigenvalue weighted by molar-refractivity contribution is 5.66. The van der Waals surface area contributed by atoms with E-state index in [2.05, 4.69) is 0 Å². The summed E-state index contributed by atoms with van der Waals surface area (Å²) in [5.41, 5.74) is 2.17. The summed E-state index contributed by atoms with van der Waals surface area (Å²) in [6.45, 7) is 3.70. The molecule has 0 aliphatic carbocycles. The smallest absolute Gasteiger partial charge is 0.307 e. The molecule has 0 unspecified atom stereocenters. The Kier molecular flexibility index (Phi) is 3.87. The third-order valence-corrected chi connectivity index (χ3v) is 2.71. The molecule has 0 amide bonds. The highest BCUT2D eigenvalue weighted by Crippen LogP contribution is 2.33. The van der Waals surface area contributed by atoms with E-state index in [4.69, 9.17) is 14.2 Å². The molecule has 0 atom stereocenters. The van der Waals surface area contributed by atoms with Crippen LogP contribution in [0.2, 0.25) is 0 Å². The van der Waals surface area contributed by atoms with Gasteiger partial charge in [0.1, 0.15) is 0 Å². The number of hydrogen-bond donors (Lipinski definition) is 0. The number of ether oxygens (including phenoxy) is 3. The highest BCUT2D eigenvalue weighted by Gasteiger charge is 2.13. The van der Waals surface area contributed by atoms with Crippen molar-refractivity contribution in [1.29, 1.82) is 0 Å². The zero-order chi connectivity index (χ0) is 13.0. The monoisotopic (exact) mass is 248 g/mol. The van der Waals surface area contributed by atoms with E-state index in [1.165, 1.54) is 13.2 Å². The second-order valence-corrected chi connectivity index (χ2v) is 4.10. The van der Waals surface area contributed by atoms with E-state index in [0.717, 1.165) is 35.5 Å². The maximum absolute atomic E-state index is 10.8. The van der Waals surface area contributed by atoms with E-state index in [1.807, 2.05) is 25.1 Å². The zero-order valence-electron chi connectivity index (χ0n) is 10.6. The van der Waals surface area contributed by atoms with Crippen LogP contribution < -0.4 is 9.47 Å². The van der Waals surface area contributed by atoms with Crippen LogP contribution in [0.3, 0.4) is 0 Å². The summed E-state index contributed by atoms with van der Waals surface area (Å²) in [5, 5.41) is 0. The summed E-state index contributed by atoms with van der Waals surface area (Å²) in [5.74, 6) is 1.25. The lowest BCUT2D eigenvalue weighted by atomic mass is 10.0. The first-order chi connectivity index (χ1) is 8.69. The third-order valence-electron chi connectivity index (χ3n) is 2.71. The summed E-state index contributed by atoms with van der Waals surface area (Å²) in [7, 11) is 0. The number of carbonyl (C=O) groups is 1. The molecule has 96 valence electrons. The Morgan fingerprint density at radius 3 is 2.89 bits per heavy atom. The zero-order valence-corrected chi connectivity index (χ0v) is 10.6. The van der Waals surface area contributed by atoms with Gasteiger partial charge in [-0.3, -0.25) is 4.79 Å². The van der Waals surface area contributed by atoms with Crippen LogP contribution in [-0.4, -0.2) is 12.8 Å². The first-order valence-corrected chi connectivity index (χ1v) is 5.92. The Morgan fingerprint density at radius 2 is 2.17 bits per heavy atom. The van der Waals surface area contributed by atoms with Crippen molar-refractivity contribution in [3.63, 3.8) is 0 Å². The maximum Gasteiger partial charge on any atom is 0.307 e. The fourth-order valence-corrected chi connectivity index (χ4v) is 1.73. The van der Waals surface area contributed by atoms with Crippen LogP contribution in [0.15, 0.2) is 30.0 Å². The second kappa shape index (κ2) is 5.58. The van der Waals surface area contributed by atoms with Gasteiger partial charge in [-0.1, -0.05) is 13.0 Å². The van der Waals surface area contributed by atoms with Gasteiger partial charge in [-0.05, 0) is 36.1 Å². The van der Waals surface area contributed by atoms with Gasteiger partial charge in [0.05, 0.1) is 6.26 Å². The lowest BCUT2D eigenvalue weighted by molar-refractivity contribution is -0.135. The number of benzene rings is 1. The molecule has 1 aromatic rings. The van der Waals surface area contributed by atoms with Crippen molar-refractivity contribution in [3.05, 3.63) is 35.6 Å². The van der Waals surface area contributed by atoms with Crippen LogP contribution in [0.4, 0.5) is 0 Å². The molecule has 1 aliphatic rings. The van der Waals surface area contributed by atoms with E-state index in [9.17, 15) is 4.79 Å². The van der Waals surface area contributed by atoms with Crippen molar-refractivity contribution in [3.8, 4) is 11.5 Å². The summed E-state index contributed by atoms with van der Waals surface area (Å²) in [6.07, 6.45) is 3.11. The molecule has 0 bridgehead atoms. The average Bonchev–Trinajstić information content (AvgIpc) is 2.81. The van der Waals surface area contributed by atoms with E-state index < -0.39 is 0 Å². The van der Waals surface area contributed by atoms with Crippen LogP contribution in [0.5, 0.6) is 11.5 Å². The van der Waals surface area contributed by atoms with Crippen LogP contribution in [0.25, 0.3) is 0 Å². The van der Waals surface area contributed by atoms with Gasteiger partial charge in [-0.2, -0.15) is 0 Å². The van der Waals surface area contributed by atoms with E-state index in [1.54, 1.807) is 0 Å². The van der Waals surface area contributed by atoms with Crippen molar-refractivity contribution in [2.24, 2.45) is 0 Å². The molecule has 0 aromatic heterocycles. The molecular weight excluding hydrogens is 232 g/mol. The molecule has 2 rings (SSSR count). The highest BCUT2D eigenvalue weighted by atomic mass is 16.7. The first kappa shape index (κ1) is 12.5. The SMILES string of the molecule is CCC(=COC(C)=O)Cc1ccc2c(c1)OCO2. The fraction of sp³-hybridized carbons (Fsp3) is 0.357. The van der Waals surface area contributed by atoms with Gasteiger partial charge in [-0.25, -0.2) is 0 Å². The number of allylic oxidation sites excluding steroid dienone is 1. The largest absolute Gasteiger partial charge is 0.454 e. The van der Waals surface area contributed by atoms with Gasteiger partial charge < -0.3 is 14.2 Å². The molecule has 0 radical (unpaired) electrons. The van der Waals surface area contributed by atoms with Gasteiger partial charge in [0.2, 0.25) is 6.79 Å². The van der Waals surface area contributed by atoms with E-state index in [-0.39, 0.29) is 12.8 Å². The maximum atomic E-state index is 10.8. The number of rotatable bonds is 4. The minimum atomic E-state index is -0.299. The van der Waals surface area contributed by atoms with E-state index >= 15 is 0 Å². The summed E-state index contributed by atoms with van der Waals surface area (Å²) < 4.78 is 15.5. The van der Waals surface area contributed by atoms with E-state index in [0.29, 0.717) is 0 Å². The van der Waals surface area contributed by atoms with Gasteiger partial charge in [0, 0.05) is 6.92 Å². The predicted molar refractivity (Wildman–Crippen MR) is 66.4 cm³/mol. The fourth-order valence-electron chi connectivity index (χ4n) is 1.73. The van der Waals surface area contributed by atoms with Gasteiger partial charge >= 0.3 is 5.97 Å². The van der Waals surface area contributed by atoms with Crippen molar-refractivity contribution >= 4 is 5.97 Å². The Bertz CT molecular complexity index is 477. The normalized spacial score (nSPS) is 13.6. The lowest BCUT2D eigenvalue weighted by Gasteiger charge is -2.06. The first-order valence-electron chi connectivity index (χ1n) is 5.92. The minimum Gasteiger partial charge on any atom is -0.454 e. The summed E-state index contributed by atoms with van der Waals surface area (Å²) in [6, 6.07) is 5.85. The summed E-state index contributed by atoms with van der Waals surface area (Å²) in [4.78, 5) is 10.8. The van der Waals surface area contributed by atoms with Crippen molar-refractivity contribution in [2.45, 2.75) is 26.7 Å². The molecule has 0 saturated heterocycles. The second-order valence-electron chi connectivity index (χ2n) is 4.10. The van der Waals surface area contributed by atoms with Crippen LogP contribution >= 0.6 is 0 Å². The van der Waals surface area contributed by atoms with Crippen LogP contribution in [0, 0.1) is 0 Å². The van der Waals surface area contributed by atoms with Crippen LogP contribution in [-0.2, 0) is 16.0 Å². The molecule has 1 heterocycles. The number of carbonyl (C=O) groups excluding carboxylic acids is 1. The Hall–Kier alpha value is -1.97. The quantitative estimate of drug-likeness (QED) is 0.607. The molecule has 0 spiro atoms. The van der Waals surface area contributed by atoms with Gasteiger partial charge in [0.25, 0.3) is 0 Å². The molecule has 18 heavy (non-hydrogen) atoms. The molecule has 0 N–H and O–H groups in total. The van der Waals surface area contributed by atoms with Gasteiger partial charge in [0.15, 0.2) is 11.5 Å². The molecular formula is C14H16O4. The summed E-state index contributed by atoms with van der Waals surface area (Å²) >= 11 is 0. The molecule has 4 nitrogen and oxygen atoms in total. The molecule has 0 saturated carbocycles. The number of hydrogen-bond acceptors (Lipinski definition) is 4. The number of esters is 1. The molecule has 1 aromatic carbocycles. The number of fused-ring (bicyclic) bond motifs is 1. The molecule has 0 fully saturated rings. The van der Waals surface area contributed by atoms with Crippen molar-refractivity contribution in [2.75, 3.05) is 6.79 Å². The molecule has 4 heteroatoms. The topological polar surface area (TPSA) is 44.8 Å². The predicted octanol–water partition coefficient (Wildman–Crippen LogP) is 2.81. The molecule has 1 aliphatic heterocycles. The van der Waals surface area contributed by atoms with Gasteiger partial charge in [-0.15, -0.1) is 0 Å². The van der Waals surface area contributed by atoms with Crippen LogP contribution in [0.1, 0.15) is 25.8 Å². The lowest BCUT2D eigenvalue weighted by Crippen LogP contribution is -1.95. The van der Waals surface area contributed by atoms with Crippen molar-refractivity contribution in [1.82, 2.24) is 0 Å². The standard InChI is InChI=1S/C14H16O4/c1-3-11(8-16-10(2)15)6-12-4-5-13-14(7-12)18-9-17-13/h4-5,7-8H,3,6,9H2,1-2H3. The Labute approximate surface area is 106 Å². The van der Waals surface area contributed by atoms with Crippen molar-refractivity contribution < 1.29 is 19.0 Å². The minimum absolute atomic E-state index is 0.280. The average molecular weight is 248 g/mol. The third kappa shape index (κ3) is 3.03.